The van der Waals surface area contributed by atoms with Gasteiger partial charge >= 0.3 is 5.97 Å². The van der Waals surface area contributed by atoms with E-state index in [1.165, 1.54) is 0 Å². The van der Waals surface area contributed by atoms with Crippen LogP contribution in [0.25, 0.3) is 11.3 Å². The number of benzene rings is 1. The molecule has 3 rings (SSSR count). The molecule has 3 aromatic rings. The van der Waals surface area contributed by atoms with Crippen LogP contribution in [-0.4, -0.2) is 37.4 Å². The second kappa shape index (κ2) is 7.35. The molecule has 0 saturated carbocycles. The van der Waals surface area contributed by atoms with Crippen LogP contribution in [0, 0.1) is 0 Å². The van der Waals surface area contributed by atoms with E-state index in [0.717, 1.165) is 5.56 Å². The average molecular weight is 337 g/mol. The summed E-state index contributed by atoms with van der Waals surface area (Å²) in [5.41, 5.74) is 1.68. The molecule has 0 aliphatic carbocycles. The standard InChI is InChI=1S/C17H15N5O3/c23-14(24)10-13(12-8-4-5-9-18-12)19-17(25)16-15(20-22-21-16)11-6-2-1-3-7-11/h1-9,13H,10H2,(H,19,25)(H,23,24)(H,20,21,22). The maximum atomic E-state index is 12.6. The molecule has 2 aromatic heterocycles. The van der Waals surface area contributed by atoms with Crippen molar-refractivity contribution in [3.8, 4) is 11.3 Å². The van der Waals surface area contributed by atoms with Crippen molar-refractivity contribution in [2.75, 3.05) is 0 Å². The van der Waals surface area contributed by atoms with Crippen molar-refractivity contribution in [2.45, 2.75) is 12.5 Å². The van der Waals surface area contributed by atoms with Gasteiger partial charge in [-0.3, -0.25) is 14.6 Å². The minimum Gasteiger partial charge on any atom is -0.481 e. The smallest absolute Gasteiger partial charge is 0.305 e. The first kappa shape index (κ1) is 16.3. The first-order valence-electron chi connectivity index (χ1n) is 7.55. The lowest BCUT2D eigenvalue weighted by molar-refractivity contribution is -0.137. The molecule has 1 atom stereocenters. The Labute approximate surface area is 142 Å². The SMILES string of the molecule is O=C(O)CC(NC(=O)c1n[nH]nc1-c1ccccc1)c1ccccn1. The quantitative estimate of drug-likeness (QED) is 0.631. The first-order chi connectivity index (χ1) is 12.1. The number of H-pyrrole nitrogens is 1. The van der Waals surface area contributed by atoms with E-state index in [9.17, 15) is 9.59 Å². The lowest BCUT2D eigenvalue weighted by Crippen LogP contribution is -2.31. The van der Waals surface area contributed by atoms with Gasteiger partial charge in [0.1, 0.15) is 5.69 Å². The number of hydrogen-bond donors (Lipinski definition) is 3. The largest absolute Gasteiger partial charge is 0.481 e. The molecular formula is C17H15N5O3. The highest BCUT2D eigenvalue weighted by Crippen LogP contribution is 2.21. The minimum absolute atomic E-state index is 0.0949. The lowest BCUT2D eigenvalue weighted by atomic mass is 10.1. The van der Waals surface area contributed by atoms with Crippen LogP contribution >= 0.6 is 0 Å². The van der Waals surface area contributed by atoms with E-state index in [1.807, 2.05) is 30.3 Å². The number of carbonyl (C=O) groups is 2. The molecule has 1 amide bonds. The van der Waals surface area contributed by atoms with Crippen LogP contribution in [0.2, 0.25) is 0 Å². The van der Waals surface area contributed by atoms with Crippen LogP contribution in [0.4, 0.5) is 0 Å². The summed E-state index contributed by atoms with van der Waals surface area (Å²) < 4.78 is 0. The van der Waals surface area contributed by atoms with Gasteiger partial charge in [-0.25, -0.2) is 0 Å². The number of nitrogens with one attached hydrogen (secondary N) is 2. The topological polar surface area (TPSA) is 121 Å². The van der Waals surface area contributed by atoms with Gasteiger partial charge in [-0.2, -0.15) is 15.4 Å². The predicted octanol–water partition coefficient (Wildman–Crippen LogP) is 1.81. The molecule has 126 valence electrons. The van der Waals surface area contributed by atoms with Gasteiger partial charge in [0, 0.05) is 11.8 Å². The van der Waals surface area contributed by atoms with Gasteiger partial charge in [0.25, 0.3) is 5.91 Å². The van der Waals surface area contributed by atoms with Crippen LogP contribution in [0.5, 0.6) is 0 Å². The molecule has 0 aliphatic rings. The number of hydrogen-bond acceptors (Lipinski definition) is 5. The molecule has 0 fully saturated rings. The molecule has 1 unspecified atom stereocenters. The van der Waals surface area contributed by atoms with Crippen molar-refractivity contribution in [3.63, 3.8) is 0 Å². The van der Waals surface area contributed by atoms with Crippen molar-refractivity contribution in [1.82, 2.24) is 25.7 Å². The van der Waals surface area contributed by atoms with Gasteiger partial charge in [-0.05, 0) is 12.1 Å². The third-order valence-electron chi connectivity index (χ3n) is 3.54. The third kappa shape index (κ3) is 3.86. The predicted molar refractivity (Wildman–Crippen MR) is 88.5 cm³/mol. The maximum Gasteiger partial charge on any atom is 0.305 e. The normalized spacial score (nSPS) is 11.7. The zero-order valence-corrected chi connectivity index (χ0v) is 13.1. The Bertz CT molecular complexity index is 864. The van der Waals surface area contributed by atoms with Crippen LogP contribution in [0.3, 0.4) is 0 Å². The van der Waals surface area contributed by atoms with E-state index in [-0.39, 0.29) is 12.1 Å². The highest BCUT2D eigenvalue weighted by molar-refractivity contribution is 5.98. The van der Waals surface area contributed by atoms with Gasteiger partial charge in [-0.1, -0.05) is 36.4 Å². The van der Waals surface area contributed by atoms with Crippen LogP contribution in [0.15, 0.2) is 54.7 Å². The minimum atomic E-state index is -1.04. The fourth-order valence-electron chi connectivity index (χ4n) is 2.40. The average Bonchev–Trinajstić information content (AvgIpc) is 3.12. The molecule has 2 heterocycles. The van der Waals surface area contributed by atoms with Crippen molar-refractivity contribution < 1.29 is 14.7 Å². The molecule has 0 bridgehead atoms. The summed E-state index contributed by atoms with van der Waals surface area (Å²) in [6, 6.07) is 13.5. The Morgan fingerprint density at radius 3 is 2.52 bits per heavy atom. The van der Waals surface area contributed by atoms with E-state index in [1.54, 1.807) is 24.4 Å². The molecule has 0 spiro atoms. The molecule has 1 aromatic carbocycles. The summed E-state index contributed by atoms with van der Waals surface area (Å²) in [5.74, 6) is -1.57. The molecular weight excluding hydrogens is 322 g/mol. The number of rotatable bonds is 6. The van der Waals surface area contributed by atoms with Crippen molar-refractivity contribution in [3.05, 3.63) is 66.1 Å². The zero-order chi connectivity index (χ0) is 17.6. The fraction of sp³-hybridized carbons (Fsp3) is 0.118. The molecule has 0 aliphatic heterocycles. The molecule has 0 saturated heterocycles. The number of aromatic amines is 1. The van der Waals surface area contributed by atoms with E-state index in [0.29, 0.717) is 11.4 Å². The van der Waals surface area contributed by atoms with Crippen LogP contribution in [-0.2, 0) is 4.79 Å². The lowest BCUT2D eigenvalue weighted by Gasteiger charge is -2.15. The second-order valence-electron chi connectivity index (χ2n) is 5.27. The van der Waals surface area contributed by atoms with Gasteiger partial charge in [0.2, 0.25) is 0 Å². The van der Waals surface area contributed by atoms with E-state index >= 15 is 0 Å². The highest BCUT2D eigenvalue weighted by atomic mass is 16.4. The second-order valence-corrected chi connectivity index (χ2v) is 5.27. The number of aromatic nitrogens is 4. The van der Waals surface area contributed by atoms with E-state index in [4.69, 9.17) is 5.11 Å². The van der Waals surface area contributed by atoms with Crippen LogP contribution in [0.1, 0.15) is 28.6 Å². The Hall–Kier alpha value is -3.55. The molecule has 0 radical (unpaired) electrons. The number of carboxylic acids is 1. The van der Waals surface area contributed by atoms with Crippen LogP contribution < -0.4 is 5.32 Å². The number of pyridine rings is 1. The van der Waals surface area contributed by atoms with Crippen molar-refractivity contribution >= 4 is 11.9 Å². The van der Waals surface area contributed by atoms with Gasteiger partial charge in [0.05, 0.1) is 18.2 Å². The Balaban J connectivity index is 1.86. The molecule has 25 heavy (non-hydrogen) atoms. The number of nitrogens with zero attached hydrogens (tertiary/aromatic N) is 3. The third-order valence-corrected chi connectivity index (χ3v) is 3.54. The first-order valence-corrected chi connectivity index (χ1v) is 7.55. The van der Waals surface area contributed by atoms with E-state index < -0.39 is 17.9 Å². The van der Waals surface area contributed by atoms with E-state index in [2.05, 4.69) is 25.7 Å². The summed E-state index contributed by atoms with van der Waals surface area (Å²) >= 11 is 0. The summed E-state index contributed by atoms with van der Waals surface area (Å²) in [5, 5.41) is 22.1. The number of amides is 1. The number of carboxylic acid groups (broad SMARTS) is 1. The summed E-state index contributed by atoms with van der Waals surface area (Å²) in [4.78, 5) is 27.9. The van der Waals surface area contributed by atoms with Crippen molar-refractivity contribution in [1.29, 1.82) is 0 Å². The summed E-state index contributed by atoms with van der Waals surface area (Å²) in [6.45, 7) is 0. The molecule has 8 heteroatoms. The molecule has 3 N–H and O–H groups in total. The van der Waals surface area contributed by atoms with Gasteiger partial charge in [0.15, 0.2) is 5.69 Å². The Morgan fingerprint density at radius 1 is 1.08 bits per heavy atom. The van der Waals surface area contributed by atoms with Crippen molar-refractivity contribution in [2.24, 2.45) is 0 Å². The monoisotopic (exact) mass is 337 g/mol. The van der Waals surface area contributed by atoms with Gasteiger partial charge < -0.3 is 10.4 Å². The summed E-state index contributed by atoms with van der Waals surface area (Å²) in [6.07, 6.45) is 1.25. The number of aliphatic carboxylic acids is 1. The van der Waals surface area contributed by atoms with Gasteiger partial charge in [-0.15, -0.1) is 0 Å². The highest BCUT2D eigenvalue weighted by Gasteiger charge is 2.24. The zero-order valence-electron chi connectivity index (χ0n) is 13.1. The molecule has 8 nitrogen and oxygen atoms in total. The maximum absolute atomic E-state index is 12.6. The Kier molecular flexibility index (Phi) is 4.79. The fourth-order valence-corrected chi connectivity index (χ4v) is 2.40. The number of carbonyl (C=O) groups excluding carboxylic acids is 1. The summed E-state index contributed by atoms with van der Waals surface area (Å²) in [7, 11) is 0. The Morgan fingerprint density at radius 2 is 1.84 bits per heavy atom.